The quantitative estimate of drug-likeness (QED) is 0.264. The number of nitro groups is 1. The molecule has 4 aromatic rings. The Balaban J connectivity index is 1.54. The molecule has 0 fully saturated rings. The minimum Gasteiger partial charge on any atom is -0.343 e. The summed E-state index contributed by atoms with van der Waals surface area (Å²) in [4.78, 5) is 14.6. The summed E-state index contributed by atoms with van der Waals surface area (Å²) < 4.78 is 15.5. The topological polar surface area (TPSA) is 60.4 Å². The van der Waals surface area contributed by atoms with E-state index in [0.717, 1.165) is 22.0 Å². The number of nitrogens with zero attached hydrogens (tertiary/aromatic N) is 3. The Kier molecular flexibility index (Phi) is 4.68. The first-order valence-corrected chi connectivity index (χ1v) is 8.70. The highest BCUT2D eigenvalue weighted by atomic mass is 19.1. The molecule has 0 aliphatic rings. The van der Waals surface area contributed by atoms with Crippen molar-refractivity contribution in [1.29, 1.82) is 0 Å². The third-order valence-corrected chi connectivity index (χ3v) is 4.46. The summed E-state index contributed by atoms with van der Waals surface area (Å²) in [5.41, 5.74) is 3.57. The van der Waals surface area contributed by atoms with Crippen LogP contribution in [0.3, 0.4) is 0 Å². The highest BCUT2D eigenvalue weighted by Crippen LogP contribution is 2.21. The molecule has 0 saturated carbocycles. The number of benzene rings is 3. The Morgan fingerprint density at radius 1 is 1.04 bits per heavy atom. The molecule has 138 valence electrons. The Bertz CT molecular complexity index is 1180. The van der Waals surface area contributed by atoms with Crippen molar-refractivity contribution in [3.63, 3.8) is 0 Å². The van der Waals surface area contributed by atoms with Gasteiger partial charge in [-0.2, -0.15) is 0 Å². The van der Waals surface area contributed by atoms with E-state index >= 15 is 0 Å². The van der Waals surface area contributed by atoms with Crippen molar-refractivity contribution in [1.82, 2.24) is 4.57 Å². The van der Waals surface area contributed by atoms with E-state index in [4.69, 9.17) is 0 Å². The predicted octanol–water partition coefficient (Wildman–Crippen LogP) is 5.49. The maximum Gasteiger partial charge on any atom is 0.269 e. The number of halogens is 1. The van der Waals surface area contributed by atoms with Crippen LogP contribution in [0.4, 0.5) is 15.8 Å². The fourth-order valence-electron chi connectivity index (χ4n) is 3.08. The smallest absolute Gasteiger partial charge is 0.269 e. The lowest BCUT2D eigenvalue weighted by Gasteiger charge is -2.06. The lowest BCUT2D eigenvalue weighted by Crippen LogP contribution is -1.98. The zero-order valence-electron chi connectivity index (χ0n) is 14.8. The van der Waals surface area contributed by atoms with Crippen molar-refractivity contribution in [2.45, 2.75) is 6.54 Å². The van der Waals surface area contributed by atoms with Crippen LogP contribution in [-0.2, 0) is 6.54 Å². The largest absolute Gasteiger partial charge is 0.343 e. The SMILES string of the molecule is O=[N+]([O-])c1ccc(N=Cc2ccc3c(ccn3Cc3cccc(F)c3)c2)cc1. The monoisotopic (exact) mass is 373 g/mol. The highest BCUT2D eigenvalue weighted by molar-refractivity contribution is 5.90. The first-order valence-electron chi connectivity index (χ1n) is 8.70. The minimum atomic E-state index is -0.435. The summed E-state index contributed by atoms with van der Waals surface area (Å²) in [5.74, 6) is -0.237. The fourth-order valence-corrected chi connectivity index (χ4v) is 3.08. The Hall–Kier alpha value is -3.80. The van der Waals surface area contributed by atoms with Crippen molar-refractivity contribution >= 4 is 28.5 Å². The number of nitro benzene ring substituents is 1. The second-order valence-electron chi connectivity index (χ2n) is 6.42. The van der Waals surface area contributed by atoms with E-state index in [0.29, 0.717) is 12.2 Å². The summed E-state index contributed by atoms with van der Waals surface area (Å²) in [7, 11) is 0. The van der Waals surface area contributed by atoms with Crippen molar-refractivity contribution < 1.29 is 9.31 Å². The average molecular weight is 373 g/mol. The number of aromatic nitrogens is 1. The zero-order valence-corrected chi connectivity index (χ0v) is 14.8. The second-order valence-corrected chi connectivity index (χ2v) is 6.42. The van der Waals surface area contributed by atoms with Gasteiger partial charge in [-0.05, 0) is 53.6 Å². The highest BCUT2D eigenvalue weighted by Gasteiger charge is 2.05. The molecule has 1 heterocycles. The molecule has 0 atom stereocenters. The molecule has 0 saturated heterocycles. The van der Waals surface area contributed by atoms with Crippen LogP contribution in [0.5, 0.6) is 0 Å². The molecule has 4 rings (SSSR count). The van der Waals surface area contributed by atoms with Gasteiger partial charge in [0.25, 0.3) is 5.69 Å². The van der Waals surface area contributed by atoms with Gasteiger partial charge in [0.1, 0.15) is 5.82 Å². The molecule has 0 aliphatic carbocycles. The van der Waals surface area contributed by atoms with Gasteiger partial charge in [-0.25, -0.2) is 4.39 Å². The second kappa shape index (κ2) is 7.44. The number of rotatable bonds is 5. The van der Waals surface area contributed by atoms with E-state index < -0.39 is 4.92 Å². The lowest BCUT2D eigenvalue weighted by atomic mass is 10.1. The molecule has 0 radical (unpaired) electrons. The molecular weight excluding hydrogens is 357 g/mol. The third-order valence-electron chi connectivity index (χ3n) is 4.46. The standard InChI is InChI=1S/C22H16FN3O2/c23-19-3-1-2-17(13-19)15-25-11-10-18-12-16(4-9-22(18)25)14-24-20-5-7-21(8-6-20)26(27)28/h1-14H,15H2. The summed E-state index contributed by atoms with van der Waals surface area (Å²) in [6, 6.07) is 20.7. The van der Waals surface area contributed by atoms with Crippen molar-refractivity contribution in [3.05, 3.63) is 106 Å². The molecule has 6 heteroatoms. The summed E-state index contributed by atoms with van der Waals surface area (Å²) in [6.45, 7) is 0.595. The predicted molar refractivity (Wildman–Crippen MR) is 108 cm³/mol. The van der Waals surface area contributed by atoms with Gasteiger partial charge in [-0.1, -0.05) is 18.2 Å². The van der Waals surface area contributed by atoms with Crippen molar-refractivity contribution in [2.75, 3.05) is 0 Å². The van der Waals surface area contributed by atoms with Crippen molar-refractivity contribution in [3.8, 4) is 0 Å². The van der Waals surface area contributed by atoms with Crippen LogP contribution in [0.15, 0.2) is 84.0 Å². The summed E-state index contributed by atoms with van der Waals surface area (Å²) >= 11 is 0. The number of aliphatic imine (C=N–C) groups is 1. The maximum absolute atomic E-state index is 13.4. The van der Waals surface area contributed by atoms with Gasteiger partial charge < -0.3 is 4.57 Å². The minimum absolute atomic E-state index is 0.0417. The molecule has 0 bridgehead atoms. The normalized spacial score (nSPS) is 11.3. The van der Waals surface area contributed by atoms with Crippen molar-refractivity contribution in [2.24, 2.45) is 4.99 Å². The van der Waals surface area contributed by atoms with E-state index in [1.165, 1.54) is 24.3 Å². The van der Waals surface area contributed by atoms with Gasteiger partial charge in [-0.15, -0.1) is 0 Å². The first kappa shape index (κ1) is 17.6. The van der Waals surface area contributed by atoms with Gasteiger partial charge >= 0.3 is 0 Å². The Morgan fingerprint density at radius 3 is 2.61 bits per heavy atom. The van der Waals surface area contributed by atoms with Crippen LogP contribution >= 0.6 is 0 Å². The Morgan fingerprint density at radius 2 is 1.86 bits per heavy atom. The summed E-state index contributed by atoms with van der Waals surface area (Å²) in [5, 5.41) is 11.8. The van der Waals surface area contributed by atoms with Gasteiger partial charge in [0.2, 0.25) is 0 Å². The first-order chi connectivity index (χ1) is 13.6. The number of hydrogen-bond acceptors (Lipinski definition) is 3. The molecule has 28 heavy (non-hydrogen) atoms. The summed E-state index contributed by atoms with van der Waals surface area (Å²) in [6.07, 6.45) is 3.71. The lowest BCUT2D eigenvalue weighted by molar-refractivity contribution is -0.384. The third kappa shape index (κ3) is 3.81. The van der Waals surface area contributed by atoms with Crippen LogP contribution in [0.25, 0.3) is 10.9 Å². The van der Waals surface area contributed by atoms with Crippen LogP contribution in [0, 0.1) is 15.9 Å². The molecule has 3 aromatic carbocycles. The number of fused-ring (bicyclic) bond motifs is 1. The van der Waals surface area contributed by atoms with E-state index in [2.05, 4.69) is 9.56 Å². The number of hydrogen-bond donors (Lipinski definition) is 0. The molecular formula is C22H16FN3O2. The molecule has 5 nitrogen and oxygen atoms in total. The van der Waals surface area contributed by atoms with E-state index in [1.54, 1.807) is 24.4 Å². The molecule has 1 aromatic heterocycles. The van der Waals surface area contributed by atoms with Crippen LogP contribution < -0.4 is 0 Å². The van der Waals surface area contributed by atoms with Gasteiger partial charge in [0.15, 0.2) is 0 Å². The maximum atomic E-state index is 13.4. The number of non-ortho nitro benzene ring substituents is 1. The molecule has 0 aliphatic heterocycles. The zero-order chi connectivity index (χ0) is 19.5. The van der Waals surface area contributed by atoms with E-state index in [-0.39, 0.29) is 11.5 Å². The van der Waals surface area contributed by atoms with E-state index in [9.17, 15) is 14.5 Å². The molecule has 0 unspecified atom stereocenters. The average Bonchev–Trinajstić information content (AvgIpc) is 3.09. The van der Waals surface area contributed by atoms with Gasteiger partial charge in [0, 0.05) is 42.0 Å². The van der Waals surface area contributed by atoms with E-state index in [1.807, 2.05) is 36.5 Å². The molecule has 0 amide bonds. The fraction of sp³-hybridized carbons (Fsp3) is 0.0455. The molecule has 0 spiro atoms. The van der Waals surface area contributed by atoms with Gasteiger partial charge in [0.05, 0.1) is 10.6 Å². The van der Waals surface area contributed by atoms with Crippen LogP contribution in [0.2, 0.25) is 0 Å². The molecule has 0 N–H and O–H groups in total. The van der Waals surface area contributed by atoms with Crippen LogP contribution in [0.1, 0.15) is 11.1 Å². The van der Waals surface area contributed by atoms with Crippen LogP contribution in [-0.4, -0.2) is 15.7 Å². The van der Waals surface area contributed by atoms with Gasteiger partial charge in [-0.3, -0.25) is 15.1 Å². The Labute approximate surface area is 160 Å².